The molecule has 0 bridgehead atoms. The Bertz CT molecular complexity index is 691. The molecule has 2 aliphatic rings. The summed E-state index contributed by atoms with van der Waals surface area (Å²) in [5, 5.41) is 25.0. The van der Waals surface area contributed by atoms with Crippen molar-refractivity contribution in [2.75, 3.05) is 19.0 Å². The molecule has 5 atom stereocenters. The number of halogens is 1. The zero-order valence-electron chi connectivity index (χ0n) is 14.0. The van der Waals surface area contributed by atoms with Crippen LogP contribution < -0.4 is 15.4 Å². The van der Waals surface area contributed by atoms with Gasteiger partial charge >= 0.3 is 0 Å². The Morgan fingerprint density at radius 3 is 2.96 bits per heavy atom. The number of aliphatic hydroxyl groups excluding tert-OH is 1. The summed E-state index contributed by atoms with van der Waals surface area (Å²) < 4.78 is 5.20. The first-order valence-corrected chi connectivity index (χ1v) is 8.90. The van der Waals surface area contributed by atoms with Gasteiger partial charge in [0.25, 0.3) is 0 Å². The normalized spacial score (nSPS) is 31.4. The zero-order chi connectivity index (χ0) is 18.0. The summed E-state index contributed by atoms with van der Waals surface area (Å²) >= 11 is 6.19. The van der Waals surface area contributed by atoms with Gasteiger partial charge in [-0.3, -0.25) is 4.79 Å². The highest BCUT2D eigenvalue weighted by Crippen LogP contribution is 2.36. The maximum Gasteiger partial charge on any atom is 0.225 e. The van der Waals surface area contributed by atoms with E-state index in [4.69, 9.17) is 21.6 Å². The summed E-state index contributed by atoms with van der Waals surface area (Å²) in [7, 11) is 1.52. The van der Waals surface area contributed by atoms with Crippen molar-refractivity contribution in [1.29, 1.82) is 5.26 Å². The van der Waals surface area contributed by atoms with E-state index in [-0.39, 0.29) is 23.2 Å². The molecule has 3 N–H and O–H groups in total. The number of hydrogen-bond acceptors (Lipinski definition) is 5. The van der Waals surface area contributed by atoms with Crippen LogP contribution in [0.1, 0.15) is 24.8 Å². The molecule has 5 unspecified atom stereocenters. The summed E-state index contributed by atoms with van der Waals surface area (Å²) in [6.07, 6.45) is 1.45. The number of aliphatic hydroxyl groups is 1. The molecule has 1 saturated heterocycles. The van der Waals surface area contributed by atoms with Gasteiger partial charge in [0.15, 0.2) is 0 Å². The van der Waals surface area contributed by atoms with Gasteiger partial charge in [-0.05, 0) is 37.3 Å². The number of fused-ring (bicyclic) bond motifs is 1. The number of carbonyl (C=O) groups excluding carboxylic acids is 1. The molecule has 0 aromatic heterocycles. The Balaban J connectivity index is 1.62. The van der Waals surface area contributed by atoms with Crippen LogP contribution in [0.15, 0.2) is 18.2 Å². The van der Waals surface area contributed by atoms with Gasteiger partial charge in [-0.1, -0.05) is 0 Å². The number of benzene rings is 1. The van der Waals surface area contributed by atoms with Crippen molar-refractivity contribution in [2.45, 2.75) is 36.8 Å². The van der Waals surface area contributed by atoms with Crippen LogP contribution >= 0.6 is 11.6 Å². The summed E-state index contributed by atoms with van der Waals surface area (Å²) in [5.74, 6) is 0.661. The minimum absolute atomic E-state index is 0.00887. The van der Waals surface area contributed by atoms with E-state index >= 15 is 0 Å². The second-order valence-corrected chi connectivity index (χ2v) is 7.33. The lowest BCUT2D eigenvalue weighted by Gasteiger charge is -2.42. The average Bonchev–Trinajstić information content (AvgIpc) is 2.61. The van der Waals surface area contributed by atoms with E-state index in [0.29, 0.717) is 30.2 Å². The van der Waals surface area contributed by atoms with Crippen molar-refractivity contribution in [3.8, 4) is 11.8 Å². The van der Waals surface area contributed by atoms with Gasteiger partial charge in [-0.2, -0.15) is 5.26 Å². The van der Waals surface area contributed by atoms with E-state index < -0.39 is 6.10 Å². The van der Waals surface area contributed by atoms with Crippen LogP contribution in [0, 0.1) is 23.2 Å². The van der Waals surface area contributed by atoms with Crippen molar-refractivity contribution in [1.82, 2.24) is 5.32 Å². The maximum atomic E-state index is 12.3. The molecule has 1 aliphatic heterocycles. The smallest absolute Gasteiger partial charge is 0.225 e. The van der Waals surface area contributed by atoms with E-state index in [1.165, 1.54) is 7.11 Å². The molecule has 6 nitrogen and oxygen atoms in total. The van der Waals surface area contributed by atoms with Crippen LogP contribution in [-0.4, -0.2) is 42.2 Å². The Hall–Kier alpha value is -1.97. The van der Waals surface area contributed by atoms with Crippen LogP contribution in [0.25, 0.3) is 0 Å². The number of amides is 1. The lowest BCUT2D eigenvalue weighted by molar-refractivity contribution is -0.130. The summed E-state index contributed by atoms with van der Waals surface area (Å²) in [6.45, 7) is 0.500. The van der Waals surface area contributed by atoms with E-state index in [2.05, 4.69) is 16.7 Å². The quantitative estimate of drug-likeness (QED) is 0.710. The van der Waals surface area contributed by atoms with Gasteiger partial charge < -0.3 is 20.5 Å². The number of rotatable bonds is 4. The third-order valence-electron chi connectivity index (χ3n) is 5.17. The zero-order valence-corrected chi connectivity index (χ0v) is 14.8. The van der Waals surface area contributed by atoms with Crippen LogP contribution in [0.2, 0.25) is 0 Å². The van der Waals surface area contributed by atoms with Gasteiger partial charge in [-0.15, -0.1) is 11.6 Å². The molecule has 1 aromatic carbocycles. The number of alkyl halides is 1. The van der Waals surface area contributed by atoms with Gasteiger partial charge in [0.2, 0.25) is 5.91 Å². The number of carbonyl (C=O) groups is 1. The number of nitrogens with zero attached hydrogens (tertiary/aromatic N) is 1. The van der Waals surface area contributed by atoms with Gasteiger partial charge in [0.1, 0.15) is 11.8 Å². The SMILES string of the molecule is COc1cc(NCC2CC3CC(Cl)C(O)CC3NC2=O)ccc1C#N. The monoisotopic (exact) mass is 363 g/mol. The van der Waals surface area contributed by atoms with E-state index in [1.54, 1.807) is 18.2 Å². The Kier molecular flexibility index (Phi) is 5.36. The molecule has 7 heteroatoms. The first kappa shape index (κ1) is 17.8. The fourth-order valence-electron chi connectivity index (χ4n) is 3.73. The molecule has 3 rings (SSSR count). The largest absolute Gasteiger partial charge is 0.495 e. The van der Waals surface area contributed by atoms with Crippen molar-refractivity contribution >= 4 is 23.2 Å². The van der Waals surface area contributed by atoms with Crippen LogP contribution in [0.3, 0.4) is 0 Å². The second-order valence-electron chi connectivity index (χ2n) is 6.77. The topological polar surface area (TPSA) is 94.4 Å². The molecule has 134 valence electrons. The Labute approximate surface area is 152 Å². The van der Waals surface area contributed by atoms with E-state index in [9.17, 15) is 9.90 Å². The molecule has 1 saturated carbocycles. The summed E-state index contributed by atoms with van der Waals surface area (Å²) in [4.78, 5) is 12.3. The standard InChI is InChI=1S/C18H22ClN3O3/c1-25-17-6-13(3-2-10(17)8-20)21-9-12-4-11-5-14(19)16(23)7-15(11)22-18(12)24/h2-3,6,11-12,14-16,21,23H,4-5,7,9H2,1H3,(H,22,24). The van der Waals surface area contributed by atoms with E-state index in [1.807, 2.05) is 0 Å². The number of piperidine rings is 1. The predicted molar refractivity (Wildman–Crippen MR) is 94.6 cm³/mol. The number of nitrogens with one attached hydrogen (secondary N) is 2. The highest BCUT2D eigenvalue weighted by molar-refractivity contribution is 6.21. The molecular weight excluding hydrogens is 342 g/mol. The van der Waals surface area contributed by atoms with Crippen molar-refractivity contribution in [3.05, 3.63) is 23.8 Å². The number of hydrogen-bond donors (Lipinski definition) is 3. The fourth-order valence-corrected chi connectivity index (χ4v) is 4.06. The second kappa shape index (κ2) is 7.51. The lowest BCUT2D eigenvalue weighted by Crippen LogP contribution is -2.56. The van der Waals surface area contributed by atoms with Gasteiger partial charge in [0.05, 0.1) is 30.1 Å². The van der Waals surface area contributed by atoms with Gasteiger partial charge in [-0.25, -0.2) is 0 Å². The summed E-state index contributed by atoms with van der Waals surface area (Å²) in [6, 6.07) is 7.35. The predicted octanol–water partition coefficient (Wildman–Crippen LogP) is 1.86. The fraction of sp³-hybridized carbons (Fsp3) is 0.556. The first-order chi connectivity index (χ1) is 12.0. The number of anilines is 1. The van der Waals surface area contributed by atoms with E-state index in [0.717, 1.165) is 18.5 Å². The first-order valence-electron chi connectivity index (χ1n) is 8.46. The Morgan fingerprint density at radius 2 is 2.24 bits per heavy atom. The molecule has 1 aliphatic carbocycles. The maximum absolute atomic E-state index is 12.3. The molecule has 0 radical (unpaired) electrons. The van der Waals surface area contributed by atoms with Crippen molar-refractivity contribution in [3.63, 3.8) is 0 Å². The number of nitriles is 1. The van der Waals surface area contributed by atoms with Crippen LogP contribution in [0.4, 0.5) is 5.69 Å². The summed E-state index contributed by atoms with van der Waals surface area (Å²) in [5.41, 5.74) is 1.28. The minimum atomic E-state index is -0.552. The molecule has 1 amide bonds. The molecular formula is C18H22ClN3O3. The highest BCUT2D eigenvalue weighted by atomic mass is 35.5. The average molecular weight is 364 g/mol. The molecule has 1 aromatic rings. The van der Waals surface area contributed by atoms with Crippen molar-refractivity contribution < 1.29 is 14.6 Å². The minimum Gasteiger partial charge on any atom is -0.495 e. The molecule has 1 heterocycles. The van der Waals surface area contributed by atoms with Crippen LogP contribution in [-0.2, 0) is 4.79 Å². The molecule has 2 fully saturated rings. The Morgan fingerprint density at radius 1 is 1.44 bits per heavy atom. The van der Waals surface area contributed by atoms with Crippen LogP contribution in [0.5, 0.6) is 5.75 Å². The lowest BCUT2D eigenvalue weighted by atomic mass is 9.74. The van der Waals surface area contributed by atoms with Crippen molar-refractivity contribution in [2.24, 2.45) is 11.8 Å². The molecule has 25 heavy (non-hydrogen) atoms. The third-order valence-corrected chi connectivity index (χ3v) is 5.64. The number of methoxy groups -OCH3 is 1. The number of ether oxygens (including phenoxy) is 1. The molecule has 0 spiro atoms. The van der Waals surface area contributed by atoms with Gasteiger partial charge in [0, 0.05) is 24.3 Å². The highest BCUT2D eigenvalue weighted by Gasteiger charge is 2.42. The third kappa shape index (κ3) is 3.83.